The summed E-state index contributed by atoms with van der Waals surface area (Å²) in [5.74, 6) is 1.74. The van der Waals surface area contributed by atoms with Crippen LogP contribution in [0.4, 0.5) is 11.6 Å². The van der Waals surface area contributed by atoms with Gasteiger partial charge in [-0.15, -0.1) is 0 Å². The first-order valence-electron chi connectivity index (χ1n) is 12.3. The Kier molecular flexibility index (Phi) is 8.55. The zero-order valence-corrected chi connectivity index (χ0v) is 22.3. The van der Waals surface area contributed by atoms with E-state index in [4.69, 9.17) is 25.8 Å². The highest BCUT2D eigenvalue weighted by Crippen LogP contribution is 2.41. The minimum Gasteiger partial charge on any atom is -0.495 e. The quantitative estimate of drug-likeness (QED) is 0.303. The molecule has 0 unspecified atom stereocenters. The van der Waals surface area contributed by atoms with Crippen molar-refractivity contribution in [3.05, 3.63) is 64.6 Å². The predicted molar refractivity (Wildman–Crippen MR) is 144 cm³/mol. The second kappa shape index (κ2) is 12.0. The summed E-state index contributed by atoms with van der Waals surface area (Å²) in [5, 5.41) is 11.0. The van der Waals surface area contributed by atoms with Gasteiger partial charge in [0.15, 0.2) is 0 Å². The Balaban J connectivity index is 1.70. The van der Waals surface area contributed by atoms with Gasteiger partial charge in [-0.3, -0.25) is 4.79 Å². The highest BCUT2D eigenvalue weighted by molar-refractivity contribution is 6.32. The third kappa shape index (κ3) is 5.67. The van der Waals surface area contributed by atoms with Crippen molar-refractivity contribution in [1.29, 1.82) is 0 Å². The first-order valence-corrected chi connectivity index (χ1v) is 12.7. The molecule has 0 bridgehead atoms. The second-order valence-corrected chi connectivity index (χ2v) is 9.09. The van der Waals surface area contributed by atoms with Crippen molar-refractivity contribution in [1.82, 2.24) is 14.8 Å². The van der Waals surface area contributed by atoms with Crippen LogP contribution in [0.15, 0.2) is 54.0 Å². The van der Waals surface area contributed by atoms with Crippen LogP contribution in [0.1, 0.15) is 51.1 Å². The Morgan fingerprint density at radius 2 is 1.89 bits per heavy atom. The van der Waals surface area contributed by atoms with Gasteiger partial charge in [-0.05, 0) is 19.4 Å². The number of nitrogens with zero attached hydrogens (tertiary/aromatic N) is 3. The van der Waals surface area contributed by atoms with E-state index in [0.29, 0.717) is 51.8 Å². The number of para-hydroxylation sites is 1. The number of unbranched alkanes of at least 4 members (excludes halogenated alkanes) is 3. The monoisotopic (exact) mass is 525 g/mol. The number of nitrogens with one attached hydrogen (secondary N) is 2. The van der Waals surface area contributed by atoms with Crippen molar-refractivity contribution in [3.8, 4) is 17.2 Å². The molecule has 0 radical (unpaired) electrons. The van der Waals surface area contributed by atoms with Crippen molar-refractivity contribution in [2.24, 2.45) is 0 Å². The molecule has 2 N–H and O–H groups in total. The van der Waals surface area contributed by atoms with Gasteiger partial charge >= 0.3 is 0 Å². The summed E-state index contributed by atoms with van der Waals surface area (Å²) in [5.41, 5.74) is 2.37. The maximum absolute atomic E-state index is 13.8. The average molecular weight is 526 g/mol. The van der Waals surface area contributed by atoms with Crippen LogP contribution < -0.4 is 24.8 Å². The van der Waals surface area contributed by atoms with E-state index in [1.54, 1.807) is 16.8 Å². The van der Waals surface area contributed by atoms with Crippen LogP contribution in [0.25, 0.3) is 0 Å². The average Bonchev–Trinajstić information content (AvgIpc) is 3.36. The van der Waals surface area contributed by atoms with Crippen LogP contribution in [-0.4, -0.2) is 41.5 Å². The lowest BCUT2D eigenvalue weighted by atomic mass is 9.94. The SMILES string of the molecule is CCCCCCOc1ccccc1[C@H]1C(C(=O)Nc2cc(OC)c(Cl)cc2OC)=C(C)Nc2ncnn21. The van der Waals surface area contributed by atoms with Crippen molar-refractivity contribution in [2.75, 3.05) is 31.5 Å². The number of methoxy groups -OCH3 is 2. The number of anilines is 2. The molecule has 0 fully saturated rings. The van der Waals surface area contributed by atoms with E-state index in [9.17, 15) is 4.79 Å². The molecule has 10 heteroatoms. The number of carbonyl (C=O) groups excluding carboxylic acids is 1. The Morgan fingerprint density at radius 1 is 1.11 bits per heavy atom. The van der Waals surface area contributed by atoms with Gasteiger partial charge in [0, 0.05) is 23.4 Å². The van der Waals surface area contributed by atoms with E-state index in [-0.39, 0.29) is 5.91 Å². The molecule has 37 heavy (non-hydrogen) atoms. The molecule has 3 aromatic rings. The van der Waals surface area contributed by atoms with Crippen LogP contribution in [-0.2, 0) is 4.79 Å². The van der Waals surface area contributed by atoms with E-state index in [2.05, 4.69) is 27.6 Å². The lowest BCUT2D eigenvalue weighted by molar-refractivity contribution is -0.113. The number of benzene rings is 2. The summed E-state index contributed by atoms with van der Waals surface area (Å²) in [6.07, 6.45) is 5.87. The molecule has 0 aliphatic carbocycles. The molecular weight excluding hydrogens is 494 g/mol. The van der Waals surface area contributed by atoms with Gasteiger partial charge in [0.1, 0.15) is 29.6 Å². The minimum atomic E-state index is -0.564. The number of hydrogen-bond donors (Lipinski definition) is 2. The van der Waals surface area contributed by atoms with Crippen LogP contribution in [0, 0.1) is 0 Å². The van der Waals surface area contributed by atoms with Gasteiger partial charge < -0.3 is 24.8 Å². The molecule has 196 valence electrons. The molecule has 2 aromatic carbocycles. The number of rotatable bonds is 11. The van der Waals surface area contributed by atoms with Crippen molar-refractivity contribution >= 4 is 29.1 Å². The normalized spacial score (nSPS) is 14.6. The summed E-state index contributed by atoms with van der Waals surface area (Å²) >= 11 is 6.25. The molecule has 9 nitrogen and oxygen atoms in total. The van der Waals surface area contributed by atoms with E-state index < -0.39 is 6.04 Å². The smallest absolute Gasteiger partial charge is 0.255 e. The molecule has 1 aliphatic heterocycles. The van der Waals surface area contributed by atoms with Gasteiger partial charge in [0.25, 0.3) is 5.91 Å². The van der Waals surface area contributed by atoms with Crippen LogP contribution in [0.2, 0.25) is 5.02 Å². The van der Waals surface area contributed by atoms with Gasteiger partial charge in [0.05, 0.1) is 37.1 Å². The number of allylic oxidation sites excluding steroid dienone is 1. The Bertz CT molecular complexity index is 1290. The van der Waals surface area contributed by atoms with E-state index in [1.165, 1.54) is 27.0 Å². The number of aromatic nitrogens is 3. The number of amides is 1. The van der Waals surface area contributed by atoms with Crippen LogP contribution in [0.3, 0.4) is 0 Å². The Hall–Kier alpha value is -3.72. The maximum atomic E-state index is 13.8. The highest BCUT2D eigenvalue weighted by Gasteiger charge is 2.35. The summed E-state index contributed by atoms with van der Waals surface area (Å²) in [6.45, 7) is 4.62. The van der Waals surface area contributed by atoms with E-state index >= 15 is 0 Å². The van der Waals surface area contributed by atoms with Gasteiger partial charge in [0.2, 0.25) is 5.95 Å². The molecule has 0 saturated heterocycles. The molecule has 1 amide bonds. The number of hydrogen-bond acceptors (Lipinski definition) is 7. The molecule has 1 aliphatic rings. The minimum absolute atomic E-state index is 0.337. The first kappa shape index (κ1) is 26.3. The molecule has 0 spiro atoms. The van der Waals surface area contributed by atoms with Crippen molar-refractivity contribution < 1.29 is 19.0 Å². The highest BCUT2D eigenvalue weighted by atomic mass is 35.5. The summed E-state index contributed by atoms with van der Waals surface area (Å²) < 4.78 is 18.7. The number of ether oxygens (including phenoxy) is 3. The topological polar surface area (TPSA) is 99.5 Å². The summed E-state index contributed by atoms with van der Waals surface area (Å²) in [4.78, 5) is 18.2. The number of halogens is 1. The lowest BCUT2D eigenvalue weighted by Gasteiger charge is -2.30. The van der Waals surface area contributed by atoms with Crippen molar-refractivity contribution in [2.45, 2.75) is 45.6 Å². The fraction of sp³-hybridized carbons (Fsp3) is 0.370. The van der Waals surface area contributed by atoms with Gasteiger partial charge in [-0.25, -0.2) is 4.68 Å². The van der Waals surface area contributed by atoms with Crippen LogP contribution in [0.5, 0.6) is 17.2 Å². The summed E-state index contributed by atoms with van der Waals surface area (Å²) in [7, 11) is 3.03. The Labute approximate surface area is 221 Å². The zero-order valence-electron chi connectivity index (χ0n) is 21.5. The summed E-state index contributed by atoms with van der Waals surface area (Å²) in [6, 6.07) is 10.4. The lowest BCUT2D eigenvalue weighted by Crippen LogP contribution is -2.32. The fourth-order valence-corrected chi connectivity index (χ4v) is 4.60. The largest absolute Gasteiger partial charge is 0.495 e. The Morgan fingerprint density at radius 3 is 2.65 bits per heavy atom. The maximum Gasteiger partial charge on any atom is 0.255 e. The standard InChI is InChI=1S/C27H32ClN5O4/c1-5-6-7-10-13-37-21-12-9-8-11-18(21)25-24(17(2)31-27-29-16-30-33(25)27)26(34)32-20-15-22(35-3)19(28)14-23(20)36-4/h8-9,11-12,14-16,25H,5-7,10,13H2,1-4H3,(H,32,34)(H,29,30,31)/t25-/m0/s1. The predicted octanol–water partition coefficient (Wildman–Crippen LogP) is 5.84. The third-order valence-electron chi connectivity index (χ3n) is 6.23. The molecule has 1 atom stereocenters. The van der Waals surface area contributed by atoms with Gasteiger partial charge in [-0.2, -0.15) is 10.1 Å². The van der Waals surface area contributed by atoms with Crippen molar-refractivity contribution in [3.63, 3.8) is 0 Å². The van der Waals surface area contributed by atoms with Gasteiger partial charge in [-0.1, -0.05) is 56.0 Å². The fourth-order valence-electron chi connectivity index (χ4n) is 4.37. The molecular formula is C27H32ClN5O4. The zero-order chi connectivity index (χ0) is 26.4. The molecule has 4 rings (SSSR count). The molecule has 1 aromatic heterocycles. The van der Waals surface area contributed by atoms with E-state index in [1.807, 2.05) is 31.2 Å². The molecule has 2 heterocycles. The number of fused-ring (bicyclic) bond motifs is 1. The second-order valence-electron chi connectivity index (χ2n) is 8.68. The van der Waals surface area contributed by atoms with Crippen LogP contribution >= 0.6 is 11.6 Å². The first-order chi connectivity index (χ1) is 18.0. The number of carbonyl (C=O) groups is 1. The molecule has 0 saturated carbocycles. The van der Waals surface area contributed by atoms with E-state index in [0.717, 1.165) is 24.8 Å². The third-order valence-corrected chi connectivity index (χ3v) is 6.53.